The lowest BCUT2D eigenvalue weighted by Crippen LogP contribution is -2.41. The van der Waals surface area contributed by atoms with Gasteiger partial charge in [0.05, 0.1) is 61.7 Å². The summed E-state index contributed by atoms with van der Waals surface area (Å²) in [6.07, 6.45) is 4.65. The van der Waals surface area contributed by atoms with Crippen LogP contribution in [-0.2, 0) is 43.9 Å². The third kappa shape index (κ3) is 15.5. The summed E-state index contributed by atoms with van der Waals surface area (Å²) in [5.41, 5.74) is 11.5. The molecule has 2 aliphatic heterocycles. The number of para-hydroxylation sites is 2. The number of carbonyl (C=O) groups excluding carboxylic acids is 1. The van der Waals surface area contributed by atoms with Crippen molar-refractivity contribution in [2.75, 3.05) is 46.3 Å². The SMILES string of the molecule is CC(C)(O)CCl.CCOC(=O)c1cnn(-c2cccc(-c3cccc(C)c3OCc3ccc4c(c3)CCNC4)n2)c1OC.COc1c(C(=O)O)cnn1-c1cccc(-c2cccc(C)c2OCc2ccc3c(c2)CCN(CC(C)(C)O)C3)n1. The summed E-state index contributed by atoms with van der Waals surface area (Å²) >= 11 is 5.23. The molecular weight excluding hydrogens is 1080 g/mol. The predicted molar refractivity (Wildman–Crippen MR) is 318 cm³/mol. The first-order valence-corrected chi connectivity index (χ1v) is 28.0. The van der Waals surface area contributed by atoms with Gasteiger partial charge in [0.25, 0.3) is 0 Å². The molecular formula is C64H73ClN8O10. The molecule has 0 amide bonds. The number of ether oxygens (including phenoxy) is 5. The standard InChI is InChI=1S/C31H34N4O5.C29H30N4O4.C4H9ClO/c1-20-7-5-8-24(26-9-6-10-27(33-26)35-29(39-4)25(16-32-35)30(36)37)28(20)40-18-21-11-12-23-17-34(19-31(2,3)38)14-13-22(23)15-21;1-4-36-29(34)24-17-31-33(28(24)35-3)26-10-6-9-25(32-26)23-8-5-7-19(2)27(23)37-18-20-11-12-22-16-30-14-13-21(22)15-20;1-4(2,6)3-5/h5-12,15-16,38H,13-14,17-19H2,1-4H3,(H,36,37);5-12,15,17,30H,4,13-14,16,18H2,1-3H3;6H,3H2,1-2H3. The number of hydrogen-bond acceptors (Lipinski definition) is 15. The fraction of sp³-hybridized carbons (Fsp3) is 0.344. The van der Waals surface area contributed by atoms with Crippen molar-refractivity contribution in [3.63, 3.8) is 0 Å². The first-order chi connectivity index (χ1) is 39.8. The largest absolute Gasteiger partial charge is 0.488 e. The smallest absolute Gasteiger partial charge is 0.345 e. The van der Waals surface area contributed by atoms with E-state index in [9.17, 15) is 19.8 Å². The van der Waals surface area contributed by atoms with Crippen molar-refractivity contribution in [2.45, 2.75) is 98.8 Å². The van der Waals surface area contributed by atoms with Crippen LogP contribution in [0.5, 0.6) is 23.3 Å². The molecule has 0 radical (unpaired) electrons. The number of alkyl halides is 1. The van der Waals surface area contributed by atoms with Crippen LogP contribution in [0.1, 0.15) is 99.8 Å². The number of β-amino-alcohol motifs (C(OH)–C–C–N with tert-alkyl or cyclic N) is 1. The average Bonchev–Trinajstić information content (AvgIpc) is 4.33. The molecule has 0 fully saturated rings. The summed E-state index contributed by atoms with van der Waals surface area (Å²) < 4.78 is 31.6. The highest BCUT2D eigenvalue weighted by Gasteiger charge is 2.25. The van der Waals surface area contributed by atoms with Crippen molar-refractivity contribution in [3.05, 3.63) is 177 Å². The molecule has 0 bridgehead atoms. The van der Waals surface area contributed by atoms with E-state index in [4.69, 9.17) is 50.4 Å². The minimum Gasteiger partial charge on any atom is -0.488 e. The second-order valence-corrected chi connectivity index (χ2v) is 21.8. The first-order valence-electron chi connectivity index (χ1n) is 27.5. The van der Waals surface area contributed by atoms with E-state index < -0.39 is 23.1 Å². The van der Waals surface area contributed by atoms with Crippen LogP contribution in [0.3, 0.4) is 0 Å². The van der Waals surface area contributed by atoms with E-state index >= 15 is 0 Å². The van der Waals surface area contributed by atoms with Gasteiger partial charge < -0.3 is 44.3 Å². The molecule has 4 aromatic heterocycles. The fourth-order valence-corrected chi connectivity index (χ4v) is 9.73. The van der Waals surface area contributed by atoms with Crippen molar-refractivity contribution < 1.29 is 48.6 Å². The molecule has 6 heterocycles. The topological polar surface area (TPSA) is 218 Å². The summed E-state index contributed by atoms with van der Waals surface area (Å²) in [6.45, 7) is 18.3. The zero-order valence-corrected chi connectivity index (χ0v) is 49.3. The quantitative estimate of drug-likeness (QED) is 0.0464. The summed E-state index contributed by atoms with van der Waals surface area (Å²) in [4.78, 5) is 35.8. The molecule has 4 N–H and O–H groups in total. The Labute approximate surface area is 489 Å². The number of esters is 1. The van der Waals surface area contributed by atoms with Crippen molar-refractivity contribution in [2.24, 2.45) is 0 Å². The van der Waals surface area contributed by atoms with Gasteiger partial charge in [0, 0.05) is 37.3 Å². The van der Waals surface area contributed by atoms with Gasteiger partial charge in [0.15, 0.2) is 11.6 Å². The fourth-order valence-electron chi connectivity index (χ4n) is 9.73. The Bertz CT molecular complexity index is 3550. The number of aromatic carboxylic acids is 1. The van der Waals surface area contributed by atoms with Gasteiger partial charge in [-0.3, -0.25) is 4.90 Å². The Balaban J connectivity index is 0.000000198. The number of hydrogen-bond donors (Lipinski definition) is 4. The van der Waals surface area contributed by atoms with Gasteiger partial charge in [-0.1, -0.05) is 72.8 Å². The predicted octanol–water partition coefficient (Wildman–Crippen LogP) is 10.3. The molecule has 436 valence electrons. The lowest BCUT2D eigenvalue weighted by molar-refractivity contribution is 0.0317. The zero-order valence-electron chi connectivity index (χ0n) is 48.5. The number of pyridine rings is 2. The molecule has 10 rings (SSSR count). The number of halogens is 1. The maximum absolute atomic E-state index is 12.3. The van der Waals surface area contributed by atoms with Gasteiger partial charge in [-0.25, -0.2) is 19.6 Å². The molecule has 0 aliphatic carbocycles. The van der Waals surface area contributed by atoms with Crippen molar-refractivity contribution >= 4 is 23.5 Å². The van der Waals surface area contributed by atoms with Crippen LogP contribution in [0.15, 0.2) is 122 Å². The monoisotopic (exact) mass is 1150 g/mol. The molecule has 0 atom stereocenters. The highest BCUT2D eigenvalue weighted by atomic mass is 35.5. The Kier molecular flexibility index (Phi) is 20.0. The van der Waals surface area contributed by atoms with Crippen molar-refractivity contribution in [1.29, 1.82) is 0 Å². The summed E-state index contributed by atoms with van der Waals surface area (Å²) in [5, 5.41) is 40.3. The Morgan fingerprint density at radius 2 is 1.17 bits per heavy atom. The molecule has 19 heteroatoms. The number of nitrogens with one attached hydrogen (secondary N) is 1. The molecule has 18 nitrogen and oxygen atoms in total. The average molecular weight is 1150 g/mol. The maximum atomic E-state index is 12.3. The first kappa shape index (κ1) is 61.0. The van der Waals surface area contributed by atoms with Gasteiger partial charge in [0.2, 0.25) is 11.8 Å². The second kappa shape index (κ2) is 27.3. The molecule has 0 saturated carbocycles. The van der Waals surface area contributed by atoms with Crippen molar-refractivity contribution in [3.8, 4) is 57.4 Å². The number of methoxy groups -OCH3 is 2. The van der Waals surface area contributed by atoms with Gasteiger partial charge in [-0.15, -0.1) is 11.6 Å². The minimum atomic E-state index is -1.12. The van der Waals surface area contributed by atoms with E-state index in [1.807, 2.05) is 94.4 Å². The molecule has 8 aromatic rings. The molecule has 0 saturated heterocycles. The summed E-state index contributed by atoms with van der Waals surface area (Å²) in [7, 11) is 2.90. The van der Waals surface area contributed by atoms with E-state index in [0.29, 0.717) is 43.0 Å². The normalized spacial score (nSPS) is 13.1. The van der Waals surface area contributed by atoms with Gasteiger partial charge >= 0.3 is 11.9 Å². The van der Waals surface area contributed by atoms with Gasteiger partial charge in [-0.2, -0.15) is 19.6 Å². The third-order valence-corrected chi connectivity index (χ3v) is 14.3. The number of fused-ring (bicyclic) bond motifs is 2. The number of carboxylic acid groups (broad SMARTS) is 1. The van der Waals surface area contributed by atoms with Crippen LogP contribution in [0.4, 0.5) is 0 Å². The van der Waals surface area contributed by atoms with Crippen LogP contribution in [0.25, 0.3) is 34.2 Å². The maximum Gasteiger partial charge on any atom is 0.345 e. The Morgan fingerprint density at radius 1 is 0.663 bits per heavy atom. The minimum absolute atomic E-state index is 0.0377. The van der Waals surface area contributed by atoms with E-state index in [1.165, 1.54) is 58.2 Å². The van der Waals surface area contributed by atoms with E-state index in [1.54, 1.807) is 26.8 Å². The van der Waals surface area contributed by atoms with Crippen LogP contribution in [-0.4, -0.2) is 119 Å². The molecule has 2 aliphatic rings. The summed E-state index contributed by atoms with van der Waals surface area (Å²) in [5.74, 6) is 1.53. The molecule has 0 spiro atoms. The van der Waals surface area contributed by atoms with Gasteiger partial charge in [-0.05, 0) is 149 Å². The van der Waals surface area contributed by atoms with Crippen LogP contribution in [0.2, 0.25) is 0 Å². The third-order valence-electron chi connectivity index (χ3n) is 13.7. The van der Waals surface area contributed by atoms with Gasteiger partial charge in [0.1, 0.15) is 35.8 Å². The molecule has 0 unspecified atom stereocenters. The molecule has 4 aromatic carbocycles. The number of benzene rings is 4. The van der Waals surface area contributed by atoms with Crippen molar-refractivity contribution in [1.82, 2.24) is 39.7 Å². The van der Waals surface area contributed by atoms with E-state index in [2.05, 4.69) is 56.8 Å². The highest BCUT2D eigenvalue weighted by molar-refractivity contribution is 6.18. The number of carboxylic acids is 1. The highest BCUT2D eigenvalue weighted by Crippen LogP contribution is 2.36. The van der Waals surface area contributed by atoms with Crippen LogP contribution in [0, 0.1) is 13.8 Å². The number of aryl methyl sites for hydroxylation is 2. The zero-order chi connectivity index (χ0) is 59.4. The lowest BCUT2D eigenvalue weighted by Gasteiger charge is -2.33. The number of aliphatic hydroxyl groups is 2. The Morgan fingerprint density at radius 3 is 1.67 bits per heavy atom. The summed E-state index contributed by atoms with van der Waals surface area (Å²) in [6, 6.07) is 36.1. The van der Waals surface area contributed by atoms with Crippen LogP contribution >= 0.6 is 11.6 Å². The molecule has 83 heavy (non-hydrogen) atoms. The number of nitrogens with zero attached hydrogens (tertiary/aromatic N) is 7. The van der Waals surface area contributed by atoms with E-state index in [-0.39, 0.29) is 29.5 Å². The number of aromatic nitrogens is 6. The van der Waals surface area contributed by atoms with E-state index in [0.717, 1.165) is 89.6 Å². The Hall–Kier alpha value is -8.13. The lowest BCUT2D eigenvalue weighted by atomic mass is 9.96. The number of carbonyl (C=O) groups is 2. The second-order valence-electron chi connectivity index (χ2n) is 21.6. The van der Waals surface area contributed by atoms with Crippen LogP contribution < -0.4 is 24.3 Å². The number of rotatable bonds is 18.